The number of aromatic amines is 1. The molecule has 0 aliphatic rings. The Bertz CT molecular complexity index is 1780. The van der Waals surface area contributed by atoms with Crippen LogP contribution in [0.2, 0.25) is 0 Å². The molecule has 0 saturated heterocycles. The second-order valence-electron chi connectivity index (χ2n) is 9.37. The molecule has 0 bridgehead atoms. The second-order valence-corrected chi connectivity index (χ2v) is 11.1. The summed E-state index contributed by atoms with van der Waals surface area (Å²) < 4.78 is 79.8. The highest BCUT2D eigenvalue weighted by Gasteiger charge is 2.32. The van der Waals surface area contributed by atoms with Gasteiger partial charge in [0, 0.05) is 42.2 Å². The van der Waals surface area contributed by atoms with Crippen LogP contribution >= 0.6 is 0 Å². The number of hydrogen-bond donors (Lipinski definition) is 3. The van der Waals surface area contributed by atoms with E-state index in [1.54, 1.807) is 42.9 Å². The van der Waals surface area contributed by atoms with E-state index in [1.165, 1.54) is 12.3 Å². The maximum Gasteiger partial charge on any atom is 0.433 e. The van der Waals surface area contributed by atoms with Crippen LogP contribution in [-0.2, 0) is 29.0 Å². The average molecular weight is 586 g/mol. The highest BCUT2D eigenvalue weighted by Crippen LogP contribution is 2.30. The summed E-state index contributed by atoms with van der Waals surface area (Å²) in [4.78, 5) is 18.9. The largest absolute Gasteiger partial charge is 0.433 e. The van der Waals surface area contributed by atoms with Crippen LogP contribution in [0, 0.1) is 5.95 Å². The van der Waals surface area contributed by atoms with Crippen molar-refractivity contribution in [1.82, 2.24) is 24.9 Å². The fraction of sp³-hybridized carbons (Fsp3) is 0.185. The van der Waals surface area contributed by atoms with Crippen molar-refractivity contribution in [2.75, 3.05) is 16.3 Å². The molecule has 1 atom stereocenters. The predicted octanol–water partition coefficient (Wildman–Crippen LogP) is 5.26. The van der Waals surface area contributed by atoms with E-state index in [1.807, 2.05) is 6.07 Å². The smallest absolute Gasteiger partial charge is 0.363 e. The maximum absolute atomic E-state index is 15.2. The van der Waals surface area contributed by atoms with Gasteiger partial charge < -0.3 is 10.3 Å². The summed E-state index contributed by atoms with van der Waals surface area (Å²) in [5, 5.41) is 3.72. The Morgan fingerprint density at radius 3 is 2.51 bits per heavy atom. The molecule has 0 fully saturated rings. The normalized spacial score (nSPS) is 12.8. The fourth-order valence-corrected chi connectivity index (χ4v) is 4.86. The number of sulfonamides is 1. The molecule has 41 heavy (non-hydrogen) atoms. The lowest BCUT2D eigenvalue weighted by Crippen LogP contribution is -2.17. The van der Waals surface area contributed by atoms with Crippen molar-refractivity contribution in [3.63, 3.8) is 0 Å². The molecule has 0 aliphatic carbocycles. The van der Waals surface area contributed by atoms with Crippen molar-refractivity contribution in [2.24, 2.45) is 0 Å². The van der Waals surface area contributed by atoms with E-state index < -0.39 is 33.9 Å². The van der Waals surface area contributed by atoms with Crippen LogP contribution in [0.1, 0.15) is 34.0 Å². The average Bonchev–Trinajstić information content (AvgIpc) is 3.31. The minimum atomic E-state index is -4.57. The summed E-state index contributed by atoms with van der Waals surface area (Å²) in [6.07, 6.45) is 4.35. The number of halogens is 4. The number of pyridine rings is 4. The van der Waals surface area contributed by atoms with Gasteiger partial charge in [0.15, 0.2) is 0 Å². The summed E-state index contributed by atoms with van der Waals surface area (Å²) in [5.74, 6) is -0.561. The van der Waals surface area contributed by atoms with Crippen molar-refractivity contribution in [1.29, 1.82) is 0 Å². The lowest BCUT2D eigenvalue weighted by Gasteiger charge is -2.20. The molecule has 0 aliphatic heterocycles. The zero-order chi connectivity index (χ0) is 29.2. The number of hydrogen-bond acceptors (Lipinski definition) is 7. The molecule has 1 unspecified atom stereocenters. The van der Waals surface area contributed by atoms with Crippen LogP contribution in [-0.4, -0.2) is 39.6 Å². The van der Waals surface area contributed by atoms with Gasteiger partial charge in [-0.25, -0.2) is 18.4 Å². The molecule has 5 heterocycles. The SMILES string of the molecule is CS(=O)(=O)Nc1cnc2[nH]cc(Cc3ccc(NC(Cc4cccnc4)c4ccc(C(F)(F)F)nc4)nc3F)c2c1. The Morgan fingerprint density at radius 2 is 1.85 bits per heavy atom. The maximum atomic E-state index is 15.2. The summed E-state index contributed by atoms with van der Waals surface area (Å²) >= 11 is 0. The second kappa shape index (κ2) is 11.1. The number of nitrogens with one attached hydrogen (secondary N) is 3. The zero-order valence-corrected chi connectivity index (χ0v) is 22.3. The molecular formula is C27H23F4N7O2S. The summed E-state index contributed by atoms with van der Waals surface area (Å²) in [5.41, 5.74) is 1.99. The predicted molar refractivity (Wildman–Crippen MR) is 145 cm³/mol. The van der Waals surface area contributed by atoms with Crippen molar-refractivity contribution < 1.29 is 26.0 Å². The van der Waals surface area contributed by atoms with Gasteiger partial charge in [0.2, 0.25) is 16.0 Å². The molecule has 0 aromatic carbocycles. The van der Waals surface area contributed by atoms with Crippen LogP contribution in [0.25, 0.3) is 11.0 Å². The van der Waals surface area contributed by atoms with E-state index in [9.17, 15) is 21.6 Å². The van der Waals surface area contributed by atoms with Crippen LogP contribution in [0.4, 0.5) is 29.1 Å². The molecule has 9 nitrogen and oxygen atoms in total. The number of alkyl halides is 3. The van der Waals surface area contributed by atoms with Gasteiger partial charge in [0.1, 0.15) is 17.2 Å². The van der Waals surface area contributed by atoms with Crippen LogP contribution in [0.5, 0.6) is 0 Å². The van der Waals surface area contributed by atoms with Gasteiger partial charge in [0.25, 0.3) is 0 Å². The third-order valence-corrected chi connectivity index (χ3v) is 6.80. The van der Waals surface area contributed by atoms with E-state index in [2.05, 4.69) is 35.0 Å². The highest BCUT2D eigenvalue weighted by molar-refractivity contribution is 7.92. The third-order valence-electron chi connectivity index (χ3n) is 6.19. The van der Waals surface area contributed by atoms with Crippen LogP contribution < -0.4 is 10.0 Å². The van der Waals surface area contributed by atoms with Gasteiger partial charge in [-0.3, -0.25) is 14.7 Å². The van der Waals surface area contributed by atoms with Crippen molar-refractivity contribution in [3.8, 4) is 0 Å². The topological polar surface area (TPSA) is 126 Å². The van der Waals surface area contributed by atoms with Crippen LogP contribution in [0.15, 0.2) is 73.4 Å². The van der Waals surface area contributed by atoms with E-state index in [-0.39, 0.29) is 23.5 Å². The van der Waals surface area contributed by atoms with Crippen molar-refractivity contribution >= 4 is 32.6 Å². The van der Waals surface area contributed by atoms with E-state index >= 15 is 4.39 Å². The Balaban J connectivity index is 1.38. The Labute approximate surface area is 232 Å². The first-order chi connectivity index (χ1) is 19.4. The number of rotatable bonds is 9. The zero-order valence-electron chi connectivity index (χ0n) is 21.4. The first-order valence-electron chi connectivity index (χ1n) is 12.2. The minimum Gasteiger partial charge on any atom is -0.363 e. The molecule has 14 heteroatoms. The molecular weight excluding hydrogens is 562 g/mol. The van der Waals surface area contributed by atoms with Gasteiger partial charge in [0.05, 0.1) is 24.2 Å². The number of fused-ring (bicyclic) bond motifs is 1. The van der Waals surface area contributed by atoms with E-state index in [4.69, 9.17) is 0 Å². The van der Waals surface area contributed by atoms with Gasteiger partial charge in [-0.05, 0) is 47.4 Å². The molecule has 212 valence electrons. The monoisotopic (exact) mass is 585 g/mol. The molecule has 0 spiro atoms. The van der Waals surface area contributed by atoms with E-state index in [0.29, 0.717) is 28.6 Å². The quantitative estimate of drug-likeness (QED) is 0.159. The molecule has 0 amide bonds. The van der Waals surface area contributed by atoms with E-state index in [0.717, 1.165) is 24.1 Å². The molecule has 5 rings (SSSR count). The minimum absolute atomic E-state index is 0.144. The lowest BCUT2D eigenvalue weighted by molar-refractivity contribution is -0.141. The number of aromatic nitrogens is 5. The standard InChI is InChI=1S/C27H23F4N7O2S/c1-41(39,40)38-20-11-21-19(14-34-26(21)35-15-20)10-17-5-7-24(37-25(17)28)36-22(9-16-3-2-8-32-12-16)18-4-6-23(33-13-18)27(29,30)31/h2-8,11-15,22,38H,9-10H2,1H3,(H,34,35)(H,36,37). The number of anilines is 2. The highest BCUT2D eigenvalue weighted by atomic mass is 32.2. The molecule has 0 radical (unpaired) electrons. The van der Waals surface area contributed by atoms with Crippen molar-refractivity contribution in [3.05, 3.63) is 107 Å². The Morgan fingerprint density at radius 1 is 1.02 bits per heavy atom. The number of H-pyrrole nitrogens is 1. The molecule has 3 N–H and O–H groups in total. The van der Waals surface area contributed by atoms with Gasteiger partial charge >= 0.3 is 6.18 Å². The third kappa shape index (κ3) is 6.95. The first-order valence-corrected chi connectivity index (χ1v) is 14.1. The molecule has 0 saturated carbocycles. The fourth-order valence-electron chi connectivity index (χ4n) is 4.32. The molecule has 5 aromatic heterocycles. The Hall–Kier alpha value is -4.59. The summed E-state index contributed by atoms with van der Waals surface area (Å²) in [6, 6.07) is 9.96. The Kier molecular flexibility index (Phi) is 7.58. The first kappa shape index (κ1) is 28.0. The molecule has 5 aromatic rings. The van der Waals surface area contributed by atoms with Gasteiger partial charge in [-0.15, -0.1) is 0 Å². The van der Waals surface area contributed by atoms with Crippen molar-refractivity contribution in [2.45, 2.75) is 25.1 Å². The summed E-state index contributed by atoms with van der Waals surface area (Å²) in [7, 11) is -3.51. The number of nitrogens with zero attached hydrogens (tertiary/aromatic N) is 4. The van der Waals surface area contributed by atoms with Gasteiger partial charge in [-0.1, -0.05) is 18.2 Å². The van der Waals surface area contributed by atoms with Crippen LogP contribution in [0.3, 0.4) is 0 Å². The lowest BCUT2D eigenvalue weighted by atomic mass is 10.0. The summed E-state index contributed by atoms with van der Waals surface area (Å²) in [6.45, 7) is 0. The van der Waals surface area contributed by atoms with Gasteiger partial charge in [-0.2, -0.15) is 17.6 Å².